The topological polar surface area (TPSA) is 17.1 Å². The van der Waals surface area contributed by atoms with E-state index in [0.717, 1.165) is 46.2 Å². The van der Waals surface area contributed by atoms with Crippen LogP contribution in [0.4, 0.5) is 0 Å². The average molecular weight is 407 g/mol. The molecule has 1 heteroatoms. The molecule has 0 spiro atoms. The van der Waals surface area contributed by atoms with E-state index < -0.39 is 0 Å². The van der Waals surface area contributed by atoms with Crippen LogP contribution >= 0.6 is 0 Å². The second-order valence-corrected chi connectivity index (χ2v) is 6.78. The van der Waals surface area contributed by atoms with Crippen LogP contribution < -0.4 is 0 Å². The van der Waals surface area contributed by atoms with Gasteiger partial charge in [-0.15, -0.1) is 6.58 Å². The van der Waals surface area contributed by atoms with E-state index in [1.807, 2.05) is 97.9 Å². The summed E-state index contributed by atoms with van der Waals surface area (Å²) in [5.41, 5.74) is 7.08. The van der Waals surface area contributed by atoms with Crippen LogP contribution in [0.2, 0.25) is 0 Å². The quantitative estimate of drug-likeness (QED) is 0.266. The van der Waals surface area contributed by atoms with E-state index in [4.69, 9.17) is 0 Å². The van der Waals surface area contributed by atoms with Crippen LogP contribution in [0.25, 0.3) is 0 Å². The Bertz CT molecular complexity index is 809. The van der Waals surface area contributed by atoms with Gasteiger partial charge >= 0.3 is 0 Å². The Morgan fingerprint density at radius 1 is 0.833 bits per heavy atom. The molecule has 1 nitrogen and oxygen atoms in total. The molecule has 0 fully saturated rings. The summed E-state index contributed by atoms with van der Waals surface area (Å²) in [6, 6.07) is 13.7. The van der Waals surface area contributed by atoms with E-state index >= 15 is 0 Å². The maximum Gasteiger partial charge on any atom is 0.193 e. The molecule has 164 valence electrons. The molecule has 0 saturated heterocycles. The summed E-state index contributed by atoms with van der Waals surface area (Å²) in [6.45, 7) is 27.2. The second-order valence-electron chi connectivity index (χ2n) is 6.78. The molecule has 0 N–H and O–H groups in total. The zero-order valence-electron chi connectivity index (χ0n) is 20.6. The Morgan fingerprint density at radius 3 is 1.87 bits per heavy atom. The van der Waals surface area contributed by atoms with Gasteiger partial charge in [-0.3, -0.25) is 4.79 Å². The van der Waals surface area contributed by atoms with Crippen LogP contribution in [-0.2, 0) is 0 Å². The molecule has 0 aliphatic heterocycles. The maximum atomic E-state index is 12.4. The smallest absolute Gasteiger partial charge is 0.193 e. The molecule has 2 aromatic rings. The van der Waals surface area contributed by atoms with Gasteiger partial charge in [-0.1, -0.05) is 100 Å². The van der Waals surface area contributed by atoms with Crippen molar-refractivity contribution in [2.45, 2.75) is 68.2 Å². The summed E-state index contributed by atoms with van der Waals surface area (Å²) >= 11 is 0. The van der Waals surface area contributed by atoms with E-state index in [2.05, 4.69) is 19.7 Å². The molecular weight excluding hydrogens is 364 g/mol. The molecule has 0 heterocycles. The minimum absolute atomic E-state index is 0.115. The van der Waals surface area contributed by atoms with E-state index in [1.54, 1.807) is 6.08 Å². The van der Waals surface area contributed by atoms with Gasteiger partial charge in [-0.05, 0) is 57.7 Å². The van der Waals surface area contributed by atoms with Crippen molar-refractivity contribution >= 4 is 5.78 Å². The highest BCUT2D eigenvalue weighted by Gasteiger charge is 2.13. The summed E-state index contributed by atoms with van der Waals surface area (Å²) in [6.07, 6.45) is 3.83. The van der Waals surface area contributed by atoms with Crippen LogP contribution in [0.3, 0.4) is 0 Å². The molecule has 30 heavy (non-hydrogen) atoms. The number of rotatable bonds is 6. The lowest BCUT2D eigenvalue weighted by Crippen LogP contribution is -2.05. The molecule has 0 aliphatic carbocycles. The van der Waals surface area contributed by atoms with Gasteiger partial charge in [0.15, 0.2) is 5.78 Å². The fourth-order valence-electron chi connectivity index (χ4n) is 2.43. The molecule has 0 unspecified atom stereocenters. The van der Waals surface area contributed by atoms with Gasteiger partial charge < -0.3 is 0 Å². The zero-order chi connectivity index (χ0) is 23.7. The van der Waals surface area contributed by atoms with Gasteiger partial charge in [0.1, 0.15) is 0 Å². The zero-order valence-corrected chi connectivity index (χ0v) is 20.6. The van der Waals surface area contributed by atoms with Gasteiger partial charge in [0.05, 0.1) is 0 Å². The van der Waals surface area contributed by atoms with E-state index in [9.17, 15) is 4.79 Å². The van der Waals surface area contributed by atoms with Crippen LogP contribution in [0.5, 0.6) is 0 Å². The molecule has 0 aromatic heterocycles. The summed E-state index contributed by atoms with van der Waals surface area (Å²) in [4.78, 5) is 12.4. The molecule has 0 saturated carbocycles. The molecule has 0 radical (unpaired) electrons. The van der Waals surface area contributed by atoms with Gasteiger partial charge in [0.2, 0.25) is 0 Å². The molecule has 0 bridgehead atoms. The van der Waals surface area contributed by atoms with E-state index in [1.165, 1.54) is 5.57 Å². The highest BCUT2D eigenvalue weighted by atomic mass is 16.1. The van der Waals surface area contributed by atoms with E-state index in [-0.39, 0.29) is 5.78 Å². The van der Waals surface area contributed by atoms with Gasteiger partial charge in [0.25, 0.3) is 0 Å². The molecule has 0 atom stereocenters. The van der Waals surface area contributed by atoms with Gasteiger partial charge in [-0.25, -0.2) is 0 Å². The van der Waals surface area contributed by atoms with Crippen molar-refractivity contribution in [3.8, 4) is 0 Å². The van der Waals surface area contributed by atoms with Crippen molar-refractivity contribution in [2.75, 3.05) is 0 Å². The van der Waals surface area contributed by atoms with Crippen molar-refractivity contribution in [2.24, 2.45) is 0 Å². The number of allylic oxidation sites excluding steroid dienone is 3. The summed E-state index contributed by atoms with van der Waals surface area (Å²) in [7, 11) is 0. The summed E-state index contributed by atoms with van der Waals surface area (Å²) < 4.78 is 0. The number of aryl methyl sites for hydroxylation is 3. The molecular formula is C29H42O. The Hall–Kier alpha value is -2.67. The van der Waals surface area contributed by atoms with Crippen molar-refractivity contribution in [3.63, 3.8) is 0 Å². The molecule has 2 aromatic carbocycles. The van der Waals surface area contributed by atoms with Crippen molar-refractivity contribution in [1.29, 1.82) is 0 Å². The predicted octanol–water partition coefficient (Wildman–Crippen LogP) is 8.98. The first kappa shape index (κ1) is 29.5. The standard InChI is InChI=1S/C16H16O.C9H14.2C2H6/c1-11-8-9-13(3)15(10-11)16(17)14-7-5-4-6-12(14)2;1-5-9(4)7-6-8(2)3;2*1-2/h4-10H,1-3H3;5H,1-2,4,6-7H2,3H3;2*1-2H3. The van der Waals surface area contributed by atoms with Crippen LogP contribution in [-0.4, -0.2) is 5.78 Å². The lowest BCUT2D eigenvalue weighted by atomic mass is 9.95. The van der Waals surface area contributed by atoms with Crippen LogP contribution in [0, 0.1) is 20.8 Å². The highest BCUT2D eigenvalue weighted by molar-refractivity contribution is 6.10. The number of carbonyl (C=O) groups excluding carboxylic acids is 1. The van der Waals surface area contributed by atoms with Crippen molar-refractivity contribution < 1.29 is 4.79 Å². The van der Waals surface area contributed by atoms with Gasteiger partial charge in [-0.2, -0.15) is 0 Å². The Morgan fingerprint density at radius 2 is 1.37 bits per heavy atom. The predicted molar refractivity (Wildman–Crippen MR) is 137 cm³/mol. The molecule has 0 amide bonds. The summed E-state index contributed by atoms with van der Waals surface area (Å²) in [5, 5.41) is 0. The minimum atomic E-state index is 0.115. The largest absolute Gasteiger partial charge is 0.289 e. The highest BCUT2D eigenvalue weighted by Crippen LogP contribution is 2.18. The molecule has 2 rings (SSSR count). The van der Waals surface area contributed by atoms with Crippen molar-refractivity contribution in [1.82, 2.24) is 0 Å². The fourth-order valence-corrected chi connectivity index (χ4v) is 2.43. The monoisotopic (exact) mass is 406 g/mol. The first-order valence-electron chi connectivity index (χ1n) is 10.9. The Balaban J connectivity index is 0. The van der Waals surface area contributed by atoms with Crippen molar-refractivity contribution in [3.05, 3.63) is 107 Å². The molecule has 0 aliphatic rings. The SMILES string of the molecule is C=CC(=C)CCC(=C)C.CC.CC.Cc1ccc(C)c(C(=O)c2ccccc2C)c1. The lowest BCUT2D eigenvalue weighted by Gasteiger charge is -2.08. The lowest BCUT2D eigenvalue weighted by molar-refractivity contribution is 0.103. The first-order valence-corrected chi connectivity index (χ1v) is 10.9. The number of benzene rings is 2. The maximum absolute atomic E-state index is 12.4. The number of hydrogen-bond donors (Lipinski definition) is 0. The third-order valence-corrected chi connectivity index (χ3v) is 4.19. The Kier molecular flexibility index (Phi) is 16.9. The number of carbonyl (C=O) groups is 1. The third kappa shape index (κ3) is 11.4. The first-order chi connectivity index (χ1) is 14.3. The third-order valence-electron chi connectivity index (χ3n) is 4.19. The summed E-state index contributed by atoms with van der Waals surface area (Å²) in [5.74, 6) is 0.115. The minimum Gasteiger partial charge on any atom is -0.289 e. The Labute approximate surface area is 186 Å². The van der Waals surface area contributed by atoms with Crippen LogP contribution in [0.1, 0.15) is 80.1 Å². The number of ketones is 1. The fraction of sp³-hybridized carbons (Fsp3) is 0.345. The van der Waals surface area contributed by atoms with E-state index in [0.29, 0.717) is 0 Å². The number of hydrogen-bond acceptors (Lipinski definition) is 1. The average Bonchev–Trinajstić information content (AvgIpc) is 2.76. The second kappa shape index (κ2) is 17.2. The van der Waals surface area contributed by atoms with Gasteiger partial charge in [0, 0.05) is 11.1 Å². The normalized spacial score (nSPS) is 8.80. The van der Waals surface area contributed by atoms with Crippen LogP contribution in [0.15, 0.2) is 79.4 Å².